The smallest absolute Gasteiger partial charge is 0.100 e. The molecule has 0 spiro atoms. The van der Waals surface area contributed by atoms with Gasteiger partial charge in [0.15, 0.2) is 0 Å². The summed E-state index contributed by atoms with van der Waals surface area (Å²) in [4.78, 5) is 0. The van der Waals surface area contributed by atoms with Crippen LogP contribution in [-0.2, 0) is 11.3 Å². The first-order valence-electron chi connectivity index (χ1n) is 3.99. The van der Waals surface area contributed by atoms with Crippen LogP contribution in [0.2, 0.25) is 5.02 Å². The van der Waals surface area contributed by atoms with Crippen molar-refractivity contribution >= 4 is 11.6 Å². The van der Waals surface area contributed by atoms with E-state index in [0.717, 1.165) is 29.6 Å². The molecule has 1 aromatic heterocycles. The summed E-state index contributed by atoms with van der Waals surface area (Å²) in [5.74, 6) is 0. The molecule has 3 nitrogen and oxygen atoms in total. The molecule has 66 valence electrons. The number of aromatic nitrogens is 2. The minimum atomic E-state index is 0.360. The van der Waals surface area contributed by atoms with Crippen molar-refractivity contribution < 1.29 is 4.74 Å². The number of hydrogen-bond donors (Lipinski definition) is 0. The van der Waals surface area contributed by atoms with E-state index in [2.05, 4.69) is 5.10 Å². The van der Waals surface area contributed by atoms with Gasteiger partial charge in [-0.1, -0.05) is 11.6 Å². The van der Waals surface area contributed by atoms with Gasteiger partial charge in [0, 0.05) is 0 Å². The molecule has 0 amide bonds. The van der Waals surface area contributed by atoms with Gasteiger partial charge in [0.25, 0.3) is 0 Å². The Bertz CT molecular complexity index is 304. The first-order valence-corrected chi connectivity index (χ1v) is 4.37. The number of aryl methyl sites for hydroxylation is 1. The van der Waals surface area contributed by atoms with Gasteiger partial charge in [-0.15, -0.1) is 0 Å². The molecule has 0 radical (unpaired) electrons. The van der Waals surface area contributed by atoms with Crippen LogP contribution in [0.15, 0.2) is 0 Å². The molecule has 0 saturated carbocycles. The zero-order chi connectivity index (χ0) is 8.72. The first kappa shape index (κ1) is 8.08. The van der Waals surface area contributed by atoms with Crippen LogP contribution in [0.1, 0.15) is 11.4 Å². The Hall–Kier alpha value is -0.540. The molecular weight excluding hydrogens is 176 g/mol. The third kappa shape index (κ3) is 1.34. The molecule has 1 unspecified atom stereocenters. The molecule has 1 fully saturated rings. The van der Waals surface area contributed by atoms with Crippen LogP contribution in [0, 0.1) is 13.8 Å². The minimum absolute atomic E-state index is 0.360. The zero-order valence-corrected chi connectivity index (χ0v) is 7.93. The van der Waals surface area contributed by atoms with E-state index in [1.54, 1.807) is 0 Å². The van der Waals surface area contributed by atoms with E-state index in [4.69, 9.17) is 16.3 Å². The van der Waals surface area contributed by atoms with Crippen molar-refractivity contribution in [1.29, 1.82) is 0 Å². The lowest BCUT2D eigenvalue weighted by Gasteiger charge is -1.99. The van der Waals surface area contributed by atoms with E-state index in [1.807, 2.05) is 18.5 Å². The summed E-state index contributed by atoms with van der Waals surface area (Å²) in [7, 11) is 0. The van der Waals surface area contributed by atoms with Crippen LogP contribution in [0.4, 0.5) is 0 Å². The van der Waals surface area contributed by atoms with Gasteiger partial charge in [0.05, 0.1) is 29.6 Å². The Labute approximate surface area is 76.3 Å². The van der Waals surface area contributed by atoms with Crippen molar-refractivity contribution in [2.24, 2.45) is 0 Å². The number of hydrogen-bond acceptors (Lipinski definition) is 2. The van der Waals surface area contributed by atoms with Gasteiger partial charge in [-0.2, -0.15) is 5.10 Å². The third-order valence-electron chi connectivity index (χ3n) is 2.07. The number of nitrogens with zero attached hydrogens (tertiary/aromatic N) is 2. The monoisotopic (exact) mass is 186 g/mol. The van der Waals surface area contributed by atoms with E-state index in [1.165, 1.54) is 0 Å². The minimum Gasteiger partial charge on any atom is -0.371 e. The van der Waals surface area contributed by atoms with Gasteiger partial charge in [-0.3, -0.25) is 4.68 Å². The summed E-state index contributed by atoms with van der Waals surface area (Å²) in [6.07, 6.45) is 0.360. The van der Waals surface area contributed by atoms with E-state index < -0.39 is 0 Å². The van der Waals surface area contributed by atoms with Gasteiger partial charge in [-0.25, -0.2) is 0 Å². The summed E-state index contributed by atoms with van der Waals surface area (Å²) in [6, 6.07) is 0. The molecule has 12 heavy (non-hydrogen) atoms. The largest absolute Gasteiger partial charge is 0.371 e. The van der Waals surface area contributed by atoms with Crippen molar-refractivity contribution in [2.75, 3.05) is 6.61 Å². The van der Waals surface area contributed by atoms with Crippen molar-refractivity contribution in [1.82, 2.24) is 9.78 Å². The summed E-state index contributed by atoms with van der Waals surface area (Å²) in [6.45, 7) is 5.58. The molecule has 0 aliphatic carbocycles. The lowest BCUT2D eigenvalue weighted by molar-refractivity contribution is 0.371. The van der Waals surface area contributed by atoms with E-state index in [0.29, 0.717) is 6.10 Å². The average molecular weight is 187 g/mol. The van der Waals surface area contributed by atoms with Crippen LogP contribution in [-0.4, -0.2) is 22.5 Å². The van der Waals surface area contributed by atoms with Crippen LogP contribution >= 0.6 is 11.6 Å². The molecule has 0 N–H and O–H groups in total. The molecule has 0 aromatic carbocycles. The maximum absolute atomic E-state index is 5.98. The Morgan fingerprint density at radius 1 is 1.67 bits per heavy atom. The summed E-state index contributed by atoms with van der Waals surface area (Å²) in [5, 5.41) is 5.07. The van der Waals surface area contributed by atoms with E-state index in [-0.39, 0.29) is 0 Å². The second kappa shape index (κ2) is 2.75. The van der Waals surface area contributed by atoms with Gasteiger partial charge in [-0.05, 0) is 13.8 Å². The first-order chi connectivity index (χ1) is 5.68. The highest BCUT2D eigenvalue weighted by molar-refractivity contribution is 6.31. The number of halogens is 1. The average Bonchev–Trinajstić information content (AvgIpc) is 2.80. The van der Waals surface area contributed by atoms with Crippen LogP contribution in [0.3, 0.4) is 0 Å². The van der Waals surface area contributed by atoms with Gasteiger partial charge in [0.1, 0.15) is 6.10 Å². The molecule has 1 saturated heterocycles. The predicted octanol–water partition coefficient (Wildman–Crippen LogP) is 1.55. The Balaban J connectivity index is 2.23. The Morgan fingerprint density at radius 2 is 2.33 bits per heavy atom. The zero-order valence-electron chi connectivity index (χ0n) is 7.17. The third-order valence-corrected chi connectivity index (χ3v) is 2.62. The SMILES string of the molecule is Cc1nn(CC2CO2)c(C)c1Cl. The highest BCUT2D eigenvalue weighted by Crippen LogP contribution is 2.21. The fraction of sp³-hybridized carbons (Fsp3) is 0.625. The molecule has 1 aromatic rings. The molecule has 1 aliphatic rings. The fourth-order valence-corrected chi connectivity index (χ4v) is 1.35. The molecule has 2 rings (SSSR count). The second-order valence-corrected chi connectivity index (χ2v) is 3.50. The summed E-state index contributed by atoms with van der Waals surface area (Å²) in [5.41, 5.74) is 1.93. The van der Waals surface area contributed by atoms with Crippen LogP contribution < -0.4 is 0 Å². The normalized spacial score (nSPS) is 21.4. The Morgan fingerprint density at radius 3 is 2.75 bits per heavy atom. The number of epoxide rings is 1. The van der Waals surface area contributed by atoms with Crippen molar-refractivity contribution in [3.8, 4) is 0 Å². The number of rotatable bonds is 2. The fourth-order valence-electron chi connectivity index (χ4n) is 1.22. The predicted molar refractivity (Wildman–Crippen MR) is 46.5 cm³/mol. The van der Waals surface area contributed by atoms with Crippen LogP contribution in [0.25, 0.3) is 0 Å². The van der Waals surface area contributed by atoms with Crippen molar-refractivity contribution in [3.05, 3.63) is 16.4 Å². The summed E-state index contributed by atoms with van der Waals surface area (Å²) < 4.78 is 7.02. The van der Waals surface area contributed by atoms with Gasteiger partial charge < -0.3 is 4.74 Å². The van der Waals surface area contributed by atoms with Crippen LogP contribution in [0.5, 0.6) is 0 Å². The Kier molecular flexibility index (Phi) is 1.85. The highest BCUT2D eigenvalue weighted by Gasteiger charge is 2.24. The van der Waals surface area contributed by atoms with Gasteiger partial charge in [0.2, 0.25) is 0 Å². The number of ether oxygens (including phenoxy) is 1. The maximum Gasteiger partial charge on any atom is 0.100 e. The summed E-state index contributed by atoms with van der Waals surface area (Å²) >= 11 is 5.98. The van der Waals surface area contributed by atoms with E-state index in [9.17, 15) is 0 Å². The van der Waals surface area contributed by atoms with E-state index >= 15 is 0 Å². The molecule has 1 aliphatic heterocycles. The highest BCUT2D eigenvalue weighted by atomic mass is 35.5. The molecule has 1 atom stereocenters. The lowest BCUT2D eigenvalue weighted by atomic mass is 10.4. The lowest BCUT2D eigenvalue weighted by Crippen LogP contribution is -2.07. The maximum atomic E-state index is 5.98. The molecule has 4 heteroatoms. The molecule has 0 bridgehead atoms. The molecule has 2 heterocycles. The van der Waals surface area contributed by atoms with Crippen molar-refractivity contribution in [3.63, 3.8) is 0 Å². The standard InChI is InChI=1S/C8H11ClN2O/c1-5-8(9)6(2)11(10-5)3-7-4-12-7/h7H,3-4H2,1-2H3. The van der Waals surface area contributed by atoms with Gasteiger partial charge >= 0.3 is 0 Å². The topological polar surface area (TPSA) is 30.4 Å². The quantitative estimate of drug-likeness (QED) is 0.657. The second-order valence-electron chi connectivity index (χ2n) is 3.12. The van der Waals surface area contributed by atoms with Crippen molar-refractivity contribution in [2.45, 2.75) is 26.5 Å². The molecular formula is C8H11ClN2O.